The minimum Gasteiger partial charge on any atom is -0.104 e. The highest BCUT2D eigenvalue weighted by atomic mass is 28.3. The molecule has 0 fully saturated rings. The molecular formula is C29H26Si. The van der Waals surface area contributed by atoms with Gasteiger partial charge >= 0.3 is 0 Å². The summed E-state index contributed by atoms with van der Waals surface area (Å²) >= 11 is 0. The predicted octanol–water partition coefficient (Wildman–Crippen LogP) is 5.70. The van der Waals surface area contributed by atoms with E-state index in [4.69, 9.17) is 0 Å². The van der Waals surface area contributed by atoms with Crippen molar-refractivity contribution in [1.82, 2.24) is 0 Å². The van der Waals surface area contributed by atoms with Crippen LogP contribution in [0.2, 0.25) is 5.04 Å². The molecular weight excluding hydrogens is 376 g/mol. The van der Waals surface area contributed by atoms with Crippen LogP contribution in [0.5, 0.6) is 0 Å². The Balaban J connectivity index is 2.32. The summed E-state index contributed by atoms with van der Waals surface area (Å²) in [6.45, 7) is 8.65. The van der Waals surface area contributed by atoms with Crippen LogP contribution in [0, 0.1) is 34.8 Å². The lowest BCUT2D eigenvalue weighted by Crippen LogP contribution is -2.55. The van der Waals surface area contributed by atoms with E-state index in [0.29, 0.717) is 0 Å². The summed E-state index contributed by atoms with van der Waals surface area (Å²) in [5.74, 6) is 13.3. The molecule has 3 aromatic carbocycles. The van der Waals surface area contributed by atoms with Crippen molar-refractivity contribution < 1.29 is 0 Å². The largest absolute Gasteiger partial charge is 0.253 e. The van der Waals surface area contributed by atoms with Crippen LogP contribution in [0.3, 0.4) is 0 Å². The fourth-order valence-corrected chi connectivity index (χ4v) is 6.82. The van der Waals surface area contributed by atoms with Gasteiger partial charge in [-0.1, -0.05) is 93.1 Å². The summed E-state index contributed by atoms with van der Waals surface area (Å²) in [6, 6.07) is 28.7. The quantitative estimate of drug-likeness (QED) is 0.362. The van der Waals surface area contributed by atoms with Crippen LogP contribution >= 0.6 is 0 Å². The lowest BCUT2D eigenvalue weighted by molar-refractivity contribution is 0.741. The first-order valence-electron chi connectivity index (χ1n) is 10.1. The van der Waals surface area contributed by atoms with E-state index in [2.05, 4.69) is 98.0 Å². The average Bonchev–Trinajstić information content (AvgIpc) is 2.75. The third kappa shape index (κ3) is 4.75. The second-order valence-corrected chi connectivity index (χ2v) is 12.2. The van der Waals surface area contributed by atoms with E-state index < -0.39 is 8.07 Å². The molecule has 3 rings (SSSR count). The maximum Gasteiger partial charge on any atom is 0.253 e. The molecule has 0 aliphatic carbocycles. The second kappa shape index (κ2) is 9.37. The van der Waals surface area contributed by atoms with Crippen LogP contribution < -0.4 is 5.19 Å². The highest BCUT2D eigenvalue weighted by molar-refractivity contribution is 7.06. The molecule has 0 heterocycles. The van der Waals surface area contributed by atoms with E-state index in [-0.39, 0.29) is 5.04 Å². The Hall–Kier alpha value is -3.44. The second-order valence-electron chi connectivity index (χ2n) is 8.15. The molecule has 146 valence electrons. The summed E-state index contributed by atoms with van der Waals surface area (Å²) in [6.07, 6.45) is 0. The van der Waals surface area contributed by atoms with Crippen LogP contribution in [0.25, 0.3) is 0 Å². The molecule has 0 aromatic heterocycles. The number of hydrogen-bond donors (Lipinski definition) is 0. The summed E-state index contributed by atoms with van der Waals surface area (Å²) < 4.78 is 0. The molecule has 0 nitrogen and oxygen atoms in total. The van der Waals surface area contributed by atoms with E-state index in [1.54, 1.807) is 0 Å². The summed E-state index contributed by atoms with van der Waals surface area (Å²) in [5.41, 5.74) is 10.5. The third-order valence-electron chi connectivity index (χ3n) is 5.05. The van der Waals surface area contributed by atoms with Gasteiger partial charge in [0, 0.05) is 16.7 Å². The van der Waals surface area contributed by atoms with Crippen LogP contribution in [0.4, 0.5) is 0 Å². The van der Waals surface area contributed by atoms with E-state index >= 15 is 0 Å². The normalized spacial score (nSPS) is 10.5. The monoisotopic (exact) mass is 402 g/mol. The fraction of sp³-hybridized carbons (Fsp3) is 0.172. The molecule has 0 spiro atoms. The topological polar surface area (TPSA) is 0 Å². The fourth-order valence-electron chi connectivity index (χ4n) is 3.37. The summed E-state index contributed by atoms with van der Waals surface area (Å²) in [4.78, 5) is 0. The minimum atomic E-state index is -2.65. The standard InChI is InChI=1S/C29H26Si/c1-5-14-27-19-12-13-20-28(27)30(29(2,3)4,23-21-25-15-8-6-9-16-25)24-22-26-17-10-7-11-18-26/h6-13,15-20H,1-4H3. The van der Waals surface area contributed by atoms with Crippen molar-refractivity contribution in [3.05, 3.63) is 102 Å². The lowest BCUT2D eigenvalue weighted by Gasteiger charge is -2.35. The van der Waals surface area contributed by atoms with Gasteiger partial charge in [0.2, 0.25) is 0 Å². The van der Waals surface area contributed by atoms with Crippen molar-refractivity contribution in [2.75, 3.05) is 0 Å². The van der Waals surface area contributed by atoms with Crippen LogP contribution in [-0.2, 0) is 0 Å². The van der Waals surface area contributed by atoms with E-state index in [1.165, 1.54) is 5.19 Å². The van der Waals surface area contributed by atoms with Gasteiger partial charge in [0.05, 0.1) is 0 Å². The molecule has 0 radical (unpaired) electrons. The molecule has 0 unspecified atom stereocenters. The Bertz CT molecular complexity index is 1120. The molecule has 30 heavy (non-hydrogen) atoms. The van der Waals surface area contributed by atoms with Gasteiger partial charge in [-0.15, -0.1) is 17.0 Å². The Labute approximate surface area is 182 Å². The third-order valence-corrected chi connectivity index (χ3v) is 9.55. The van der Waals surface area contributed by atoms with E-state index in [0.717, 1.165) is 16.7 Å². The number of rotatable bonds is 1. The van der Waals surface area contributed by atoms with Gasteiger partial charge in [-0.05, 0) is 47.5 Å². The van der Waals surface area contributed by atoms with Gasteiger partial charge in [-0.25, -0.2) is 0 Å². The zero-order valence-corrected chi connectivity index (χ0v) is 19.1. The molecule has 0 saturated carbocycles. The molecule has 0 amide bonds. The van der Waals surface area contributed by atoms with Crippen molar-refractivity contribution in [2.24, 2.45) is 0 Å². The first-order valence-corrected chi connectivity index (χ1v) is 12.1. The Morgan fingerprint density at radius 2 is 1.07 bits per heavy atom. The van der Waals surface area contributed by atoms with Crippen molar-refractivity contribution >= 4 is 13.3 Å². The van der Waals surface area contributed by atoms with Gasteiger partial charge in [0.15, 0.2) is 0 Å². The Kier molecular flexibility index (Phi) is 6.64. The zero-order valence-electron chi connectivity index (χ0n) is 18.1. The van der Waals surface area contributed by atoms with Crippen molar-refractivity contribution in [1.29, 1.82) is 0 Å². The van der Waals surface area contributed by atoms with Crippen molar-refractivity contribution in [3.8, 4) is 34.8 Å². The van der Waals surface area contributed by atoms with Gasteiger partial charge < -0.3 is 0 Å². The molecule has 0 aliphatic heterocycles. The Morgan fingerprint density at radius 3 is 1.53 bits per heavy atom. The minimum absolute atomic E-state index is 0.109. The number of hydrogen-bond acceptors (Lipinski definition) is 0. The lowest BCUT2D eigenvalue weighted by atomic mass is 10.2. The van der Waals surface area contributed by atoms with Crippen LogP contribution in [0.1, 0.15) is 44.4 Å². The van der Waals surface area contributed by atoms with Crippen LogP contribution in [0.15, 0.2) is 84.9 Å². The SMILES string of the molecule is CC#Cc1ccccc1[Si](C#Cc1ccccc1)(C#Cc1ccccc1)C(C)(C)C. The van der Waals surface area contributed by atoms with Crippen molar-refractivity contribution in [3.63, 3.8) is 0 Å². The van der Waals surface area contributed by atoms with Gasteiger partial charge in [0.1, 0.15) is 0 Å². The first kappa shape index (κ1) is 21.3. The van der Waals surface area contributed by atoms with Gasteiger partial charge in [-0.3, -0.25) is 0 Å². The molecule has 0 bridgehead atoms. The molecule has 0 N–H and O–H groups in total. The summed E-state index contributed by atoms with van der Waals surface area (Å²) in [7, 11) is -2.65. The molecule has 0 atom stereocenters. The van der Waals surface area contributed by atoms with Crippen molar-refractivity contribution in [2.45, 2.75) is 32.7 Å². The molecule has 0 saturated heterocycles. The first-order chi connectivity index (χ1) is 14.5. The maximum absolute atomic E-state index is 3.72. The predicted molar refractivity (Wildman–Crippen MR) is 131 cm³/mol. The molecule has 0 aliphatic rings. The number of benzene rings is 3. The van der Waals surface area contributed by atoms with Gasteiger partial charge in [-0.2, -0.15) is 0 Å². The highest BCUT2D eigenvalue weighted by Crippen LogP contribution is 2.36. The Morgan fingerprint density at radius 1 is 0.600 bits per heavy atom. The molecule has 3 aromatic rings. The van der Waals surface area contributed by atoms with E-state index in [1.807, 2.05) is 49.4 Å². The average molecular weight is 403 g/mol. The smallest absolute Gasteiger partial charge is 0.104 e. The zero-order chi connectivity index (χ0) is 21.5. The van der Waals surface area contributed by atoms with Gasteiger partial charge in [0.25, 0.3) is 8.07 Å². The summed E-state index contributed by atoms with van der Waals surface area (Å²) in [5, 5.41) is 1.08. The highest BCUT2D eigenvalue weighted by Gasteiger charge is 2.46. The molecule has 1 heteroatoms. The van der Waals surface area contributed by atoms with E-state index in [9.17, 15) is 0 Å². The van der Waals surface area contributed by atoms with Crippen LogP contribution in [-0.4, -0.2) is 8.07 Å². The maximum atomic E-state index is 3.72.